The summed E-state index contributed by atoms with van der Waals surface area (Å²) in [7, 11) is 10.8. The average molecular weight is 1130 g/mol. The number of allylic oxidation sites excluding steroid dienone is 2. The van der Waals surface area contributed by atoms with Crippen LogP contribution in [-0.4, -0.2) is 10.5 Å². The largest absolute Gasteiger partial charge is 0.155 e. The number of fused-ring (bicyclic) bond motifs is 4. The summed E-state index contributed by atoms with van der Waals surface area (Å²) in [6.07, 6.45) is 21.5. The first-order valence-electron chi connectivity index (χ1n) is 24.7. The molecule has 362 valence electrons. The average Bonchev–Trinajstić information content (AvgIpc) is 4.22. The SMILES string of the molecule is C1=C(c2ccccc2)c2cccc(Sc3cccc4c3CC=C4c3ccccc3)c2C1.S=S=S.[CH3-].[CH3-].[Cl][Zr+2][Cl].c1ccc(C2CCC3C(SC4CCCC5C(c6ccccc6)CCC45)CCCC23)cc1. The summed E-state index contributed by atoms with van der Waals surface area (Å²) < 4.78 is 0. The molecule has 0 radical (unpaired) electrons. The maximum Gasteiger partial charge on any atom is 0.00810 e. The molecule has 8 atom stereocenters. The third-order valence-corrected chi connectivity index (χ3v) is 18.9. The topological polar surface area (TPSA) is 0 Å². The van der Waals surface area contributed by atoms with Crippen molar-refractivity contribution in [2.45, 2.75) is 109 Å². The van der Waals surface area contributed by atoms with Gasteiger partial charge in [-0.3, -0.25) is 0 Å². The van der Waals surface area contributed by atoms with E-state index in [9.17, 15) is 0 Å². The summed E-state index contributed by atoms with van der Waals surface area (Å²) in [5.74, 6) is 5.54. The zero-order chi connectivity index (χ0) is 46.7. The summed E-state index contributed by atoms with van der Waals surface area (Å²) in [6.45, 7) is 0. The second kappa shape index (κ2) is 27.8. The zero-order valence-electron chi connectivity index (χ0n) is 40.6. The molecule has 6 aliphatic carbocycles. The van der Waals surface area contributed by atoms with Gasteiger partial charge in [-0.25, -0.2) is 0 Å². The smallest absolute Gasteiger partial charge is 0.00810 e. The quantitative estimate of drug-likeness (QED) is 0.139. The number of rotatable bonds is 8. The van der Waals surface area contributed by atoms with Crippen molar-refractivity contribution in [1.29, 1.82) is 0 Å². The van der Waals surface area contributed by atoms with Gasteiger partial charge in [-0.15, -0.1) is 0 Å². The summed E-state index contributed by atoms with van der Waals surface area (Å²) in [4.78, 5) is 2.75. The van der Waals surface area contributed by atoms with Gasteiger partial charge in [0.25, 0.3) is 0 Å². The molecular weight excluding hydrogens is 1070 g/mol. The fourth-order valence-corrected chi connectivity index (χ4v) is 16.4. The van der Waals surface area contributed by atoms with Gasteiger partial charge < -0.3 is 14.9 Å². The predicted octanol–water partition coefficient (Wildman–Crippen LogP) is 18.5. The van der Waals surface area contributed by atoms with E-state index in [0.717, 1.165) is 67.7 Å². The molecule has 0 nitrogen and oxygen atoms in total. The third-order valence-electron chi connectivity index (χ3n) is 15.8. The number of thioether (sulfide) groups is 1. The van der Waals surface area contributed by atoms with E-state index in [2.05, 4.69) is 204 Å². The standard InChI is InChI=1S/C30H38S.C30H22S.2CH3.2ClH.S3.Zr/c2*1-3-9-21(10-4-1)23-17-19-27-25(23)13-7-15-29(27)31-30-16-8-14-26-24(18-20-28(26)30)22-11-5-2-6-12-22;;;;;1-3-2;/h1-6,9-12,23-30H,7-8,13-20H2;1-18H,19-20H2;2*1H3;2*1H;;/q;;2*-1;;;;+4/p-2. The molecular formula is C62H66Cl2S5Zr. The maximum absolute atomic E-state index is 4.93. The second-order valence-electron chi connectivity index (χ2n) is 19.1. The first-order chi connectivity index (χ1) is 33.6. The second-order valence-corrected chi connectivity index (χ2v) is 27.2. The number of benzene rings is 6. The van der Waals surface area contributed by atoms with Crippen molar-refractivity contribution in [2.75, 3.05) is 0 Å². The maximum atomic E-state index is 4.93. The molecule has 6 aliphatic rings. The number of hydrogen-bond donors (Lipinski definition) is 0. The van der Waals surface area contributed by atoms with Crippen molar-refractivity contribution in [3.63, 3.8) is 0 Å². The van der Waals surface area contributed by atoms with E-state index in [1.165, 1.54) is 119 Å². The van der Waals surface area contributed by atoms with Crippen molar-refractivity contribution in [2.24, 2.45) is 23.7 Å². The molecule has 4 saturated carbocycles. The van der Waals surface area contributed by atoms with E-state index < -0.39 is 20.8 Å². The van der Waals surface area contributed by atoms with E-state index in [0.29, 0.717) is 0 Å². The van der Waals surface area contributed by atoms with Crippen LogP contribution in [0, 0.1) is 38.5 Å². The van der Waals surface area contributed by atoms with Gasteiger partial charge in [-0.1, -0.05) is 182 Å². The zero-order valence-corrected chi connectivity index (χ0v) is 48.6. The molecule has 0 amide bonds. The Balaban J connectivity index is 0.000000181. The molecule has 0 bridgehead atoms. The van der Waals surface area contributed by atoms with Crippen LogP contribution in [0.2, 0.25) is 0 Å². The van der Waals surface area contributed by atoms with Crippen LogP contribution in [-0.2, 0) is 64.9 Å². The van der Waals surface area contributed by atoms with Gasteiger partial charge in [0, 0.05) is 51.5 Å². The molecule has 0 aliphatic heterocycles. The third kappa shape index (κ3) is 12.9. The molecule has 70 heavy (non-hydrogen) atoms. The van der Waals surface area contributed by atoms with Crippen LogP contribution in [0.15, 0.2) is 180 Å². The molecule has 8 heteroatoms. The van der Waals surface area contributed by atoms with Crippen LogP contribution in [0.1, 0.15) is 121 Å². The van der Waals surface area contributed by atoms with Crippen molar-refractivity contribution >= 4 is 83.0 Å². The molecule has 0 spiro atoms. The van der Waals surface area contributed by atoms with E-state index >= 15 is 0 Å². The fourth-order valence-electron chi connectivity index (χ4n) is 13.1. The molecule has 0 heterocycles. The molecule has 0 aromatic heterocycles. The molecule has 12 rings (SSSR count). The minimum Gasteiger partial charge on any atom is -0.155 e. The summed E-state index contributed by atoms with van der Waals surface area (Å²) in [5, 5.41) is 1.87. The monoisotopic (exact) mass is 1130 g/mol. The van der Waals surface area contributed by atoms with Crippen molar-refractivity contribution in [1.82, 2.24) is 0 Å². The van der Waals surface area contributed by atoms with Gasteiger partial charge in [-0.2, -0.15) is 11.8 Å². The minimum absolute atomic E-state index is 0. The van der Waals surface area contributed by atoms with Crippen molar-refractivity contribution < 1.29 is 20.8 Å². The Morgan fingerprint density at radius 2 is 0.800 bits per heavy atom. The van der Waals surface area contributed by atoms with Crippen LogP contribution in [0.25, 0.3) is 11.1 Å². The number of hydrogen-bond acceptors (Lipinski definition) is 4. The summed E-state index contributed by atoms with van der Waals surface area (Å²) >= 11 is 11.8. The van der Waals surface area contributed by atoms with E-state index in [4.69, 9.17) is 17.0 Å². The Hall–Kier alpha value is -2.38. The Morgan fingerprint density at radius 1 is 0.429 bits per heavy atom. The Morgan fingerprint density at radius 3 is 1.19 bits per heavy atom. The van der Waals surface area contributed by atoms with Gasteiger partial charge in [0.1, 0.15) is 0 Å². The molecule has 6 aromatic rings. The molecule has 4 fully saturated rings. The molecule has 6 aromatic carbocycles. The van der Waals surface area contributed by atoms with E-state index in [1.54, 1.807) is 11.1 Å². The van der Waals surface area contributed by atoms with E-state index in [1.807, 2.05) is 11.8 Å². The normalized spacial score (nSPS) is 24.1. The first kappa shape index (κ1) is 55.4. The number of halogens is 2. The van der Waals surface area contributed by atoms with Gasteiger partial charge in [-0.05, 0) is 168 Å². The van der Waals surface area contributed by atoms with Crippen LogP contribution in [0.4, 0.5) is 0 Å². The molecule has 0 saturated heterocycles. The van der Waals surface area contributed by atoms with E-state index in [-0.39, 0.29) is 14.9 Å². The first-order valence-corrected chi connectivity index (χ1v) is 35.4. The molecule has 8 unspecified atom stereocenters. The van der Waals surface area contributed by atoms with Crippen LogP contribution < -0.4 is 0 Å². The van der Waals surface area contributed by atoms with Crippen molar-refractivity contribution in [3.05, 3.63) is 229 Å². The van der Waals surface area contributed by atoms with Gasteiger partial charge in [0.2, 0.25) is 0 Å². The fraction of sp³-hybridized carbons (Fsp3) is 0.323. The van der Waals surface area contributed by atoms with Gasteiger partial charge >= 0.3 is 37.9 Å². The molecule has 0 N–H and O–H groups in total. The Kier molecular flexibility index (Phi) is 22.0. The summed E-state index contributed by atoms with van der Waals surface area (Å²) in [5.41, 5.74) is 14.3. The Bertz CT molecular complexity index is 2490. The van der Waals surface area contributed by atoms with Crippen molar-refractivity contribution in [3.8, 4) is 0 Å². The van der Waals surface area contributed by atoms with Gasteiger partial charge in [0.05, 0.1) is 0 Å². The van der Waals surface area contributed by atoms with Crippen LogP contribution >= 0.6 is 40.5 Å². The predicted molar refractivity (Wildman–Crippen MR) is 312 cm³/mol. The van der Waals surface area contributed by atoms with Gasteiger partial charge in [0.15, 0.2) is 0 Å². The van der Waals surface area contributed by atoms with Crippen LogP contribution in [0.3, 0.4) is 0 Å². The van der Waals surface area contributed by atoms with Crippen LogP contribution in [0.5, 0.6) is 0 Å². The Labute approximate surface area is 461 Å². The summed E-state index contributed by atoms with van der Waals surface area (Å²) in [6, 6.07) is 58.0. The minimum atomic E-state index is -0.826.